The molecule has 98 valence electrons. The van der Waals surface area contributed by atoms with Crippen LogP contribution in [0.5, 0.6) is 0 Å². The van der Waals surface area contributed by atoms with Gasteiger partial charge in [0.1, 0.15) is 6.61 Å². The summed E-state index contributed by atoms with van der Waals surface area (Å²) in [6.07, 6.45) is -3.72. The molecule has 1 aromatic rings. The molecule has 0 amide bonds. The Hall–Kier alpha value is -0.660. The molecule has 0 spiro atoms. The highest BCUT2D eigenvalue weighted by molar-refractivity contribution is 7.12. The van der Waals surface area contributed by atoms with Gasteiger partial charge in [0.15, 0.2) is 0 Å². The van der Waals surface area contributed by atoms with Crippen LogP contribution in [-0.4, -0.2) is 25.6 Å². The van der Waals surface area contributed by atoms with Crippen LogP contribution >= 0.6 is 11.3 Å². The number of halogens is 4. The first-order valence-electron chi connectivity index (χ1n) is 4.88. The number of rotatable bonds is 6. The van der Waals surface area contributed by atoms with Crippen LogP contribution in [0.15, 0.2) is 12.1 Å². The predicted molar refractivity (Wildman–Crippen MR) is 57.8 cm³/mol. The molecule has 0 radical (unpaired) electrons. The van der Waals surface area contributed by atoms with Crippen LogP contribution < -0.4 is 5.73 Å². The number of aryl methyl sites for hydroxylation is 1. The zero-order valence-corrected chi connectivity index (χ0v) is 9.95. The standard InChI is InChI=1S/C10H13F4NOS/c1-6-2-3-8(17-6)7(15)4-16-5-10(13,14)9(11)12/h2-3,7,9H,4-5,15H2,1H3. The Morgan fingerprint density at radius 2 is 2.06 bits per heavy atom. The van der Waals surface area contributed by atoms with Gasteiger partial charge in [-0.3, -0.25) is 0 Å². The Bertz CT molecular complexity index is 356. The van der Waals surface area contributed by atoms with Crippen LogP contribution in [0, 0.1) is 6.92 Å². The SMILES string of the molecule is Cc1ccc(C(N)COCC(F)(F)C(F)F)s1. The van der Waals surface area contributed by atoms with Crippen LogP contribution in [0.2, 0.25) is 0 Å². The number of thiophene rings is 1. The highest BCUT2D eigenvalue weighted by Gasteiger charge is 2.41. The average Bonchev–Trinajstić information content (AvgIpc) is 2.64. The van der Waals surface area contributed by atoms with Crippen molar-refractivity contribution in [2.45, 2.75) is 25.3 Å². The Balaban J connectivity index is 2.37. The van der Waals surface area contributed by atoms with Crippen molar-refractivity contribution in [2.75, 3.05) is 13.2 Å². The summed E-state index contributed by atoms with van der Waals surface area (Å²) in [6, 6.07) is 3.04. The van der Waals surface area contributed by atoms with Crippen LogP contribution in [0.25, 0.3) is 0 Å². The van der Waals surface area contributed by atoms with Crippen molar-refractivity contribution in [1.29, 1.82) is 0 Å². The van der Waals surface area contributed by atoms with Gasteiger partial charge in [-0.25, -0.2) is 8.78 Å². The fourth-order valence-corrected chi connectivity index (χ4v) is 1.98. The van der Waals surface area contributed by atoms with Crippen LogP contribution in [0.3, 0.4) is 0 Å². The molecule has 1 rings (SSSR count). The number of ether oxygens (including phenoxy) is 1. The van der Waals surface area contributed by atoms with Crippen molar-refractivity contribution in [1.82, 2.24) is 0 Å². The van der Waals surface area contributed by atoms with E-state index in [2.05, 4.69) is 4.74 Å². The number of nitrogens with two attached hydrogens (primary N) is 1. The third-order valence-corrected chi connectivity index (χ3v) is 3.17. The molecule has 1 aromatic heterocycles. The van der Waals surface area contributed by atoms with Crippen molar-refractivity contribution < 1.29 is 22.3 Å². The molecule has 0 aliphatic carbocycles. The molecular weight excluding hydrogens is 258 g/mol. The fraction of sp³-hybridized carbons (Fsp3) is 0.600. The molecule has 0 aliphatic rings. The largest absolute Gasteiger partial charge is 0.373 e. The molecule has 0 saturated heterocycles. The summed E-state index contributed by atoms with van der Waals surface area (Å²) in [5.74, 6) is -4.12. The van der Waals surface area contributed by atoms with E-state index in [1.165, 1.54) is 11.3 Å². The summed E-state index contributed by atoms with van der Waals surface area (Å²) in [5, 5.41) is 0. The molecule has 0 aliphatic heterocycles. The number of alkyl halides is 4. The quantitative estimate of drug-likeness (QED) is 0.807. The second kappa shape index (κ2) is 5.79. The molecule has 0 fully saturated rings. The Morgan fingerprint density at radius 3 is 2.53 bits per heavy atom. The summed E-state index contributed by atoms with van der Waals surface area (Å²) in [5.41, 5.74) is 5.67. The Kier molecular flexibility index (Phi) is 4.91. The van der Waals surface area contributed by atoms with Gasteiger partial charge in [0.2, 0.25) is 0 Å². The van der Waals surface area contributed by atoms with E-state index in [0.717, 1.165) is 9.75 Å². The zero-order valence-electron chi connectivity index (χ0n) is 9.13. The molecule has 17 heavy (non-hydrogen) atoms. The lowest BCUT2D eigenvalue weighted by atomic mass is 10.3. The van der Waals surface area contributed by atoms with Gasteiger partial charge in [-0.2, -0.15) is 8.78 Å². The van der Waals surface area contributed by atoms with Gasteiger partial charge < -0.3 is 10.5 Å². The Labute approximate surface area is 100 Å². The summed E-state index contributed by atoms with van der Waals surface area (Å²) in [4.78, 5) is 1.82. The molecule has 0 saturated carbocycles. The first kappa shape index (κ1) is 14.4. The predicted octanol–water partition coefficient (Wildman–Crippen LogP) is 2.97. The molecule has 2 N–H and O–H groups in total. The minimum atomic E-state index is -4.12. The first-order valence-corrected chi connectivity index (χ1v) is 5.70. The maximum atomic E-state index is 12.5. The lowest BCUT2D eigenvalue weighted by Crippen LogP contribution is -2.33. The monoisotopic (exact) mass is 271 g/mol. The van der Waals surface area contributed by atoms with Gasteiger partial charge >= 0.3 is 12.3 Å². The van der Waals surface area contributed by atoms with E-state index in [9.17, 15) is 17.6 Å². The number of hydrogen-bond donors (Lipinski definition) is 1. The van der Waals surface area contributed by atoms with Crippen LogP contribution in [-0.2, 0) is 4.74 Å². The van der Waals surface area contributed by atoms with Crippen LogP contribution in [0.4, 0.5) is 17.6 Å². The smallest absolute Gasteiger partial charge is 0.330 e. The molecule has 1 unspecified atom stereocenters. The normalized spacial score (nSPS) is 14.3. The summed E-state index contributed by atoms with van der Waals surface area (Å²) >= 11 is 1.42. The second-order valence-corrected chi connectivity index (χ2v) is 4.95. The van der Waals surface area contributed by atoms with Crippen molar-refractivity contribution in [3.8, 4) is 0 Å². The van der Waals surface area contributed by atoms with Crippen molar-refractivity contribution in [2.24, 2.45) is 5.73 Å². The van der Waals surface area contributed by atoms with E-state index < -0.39 is 25.0 Å². The van der Waals surface area contributed by atoms with Crippen molar-refractivity contribution in [3.63, 3.8) is 0 Å². The van der Waals surface area contributed by atoms with Gasteiger partial charge in [-0.1, -0.05) is 0 Å². The van der Waals surface area contributed by atoms with E-state index >= 15 is 0 Å². The fourth-order valence-electron chi connectivity index (χ4n) is 1.12. The maximum Gasteiger partial charge on any atom is 0.330 e. The molecule has 1 atom stereocenters. The van der Waals surface area contributed by atoms with E-state index in [-0.39, 0.29) is 6.61 Å². The van der Waals surface area contributed by atoms with Crippen LogP contribution in [0.1, 0.15) is 15.8 Å². The summed E-state index contributed by atoms with van der Waals surface area (Å²) in [7, 11) is 0. The zero-order chi connectivity index (χ0) is 13.1. The van der Waals surface area contributed by atoms with Gasteiger partial charge in [-0.15, -0.1) is 11.3 Å². The third-order valence-electron chi connectivity index (χ3n) is 2.04. The summed E-state index contributed by atoms with van der Waals surface area (Å²) < 4.78 is 53.1. The van der Waals surface area contributed by atoms with Crippen molar-refractivity contribution in [3.05, 3.63) is 21.9 Å². The van der Waals surface area contributed by atoms with E-state index in [4.69, 9.17) is 5.73 Å². The number of hydrogen-bond acceptors (Lipinski definition) is 3. The lowest BCUT2D eigenvalue weighted by Gasteiger charge is -2.17. The van der Waals surface area contributed by atoms with Crippen molar-refractivity contribution >= 4 is 11.3 Å². The average molecular weight is 271 g/mol. The lowest BCUT2D eigenvalue weighted by molar-refractivity contribution is -0.166. The highest BCUT2D eigenvalue weighted by atomic mass is 32.1. The molecule has 1 heterocycles. The highest BCUT2D eigenvalue weighted by Crippen LogP contribution is 2.25. The van der Waals surface area contributed by atoms with Gasteiger partial charge in [0.25, 0.3) is 0 Å². The maximum absolute atomic E-state index is 12.5. The molecule has 7 heteroatoms. The molecule has 0 aromatic carbocycles. The molecule has 2 nitrogen and oxygen atoms in total. The first-order chi connectivity index (χ1) is 7.83. The molecular formula is C10H13F4NOS. The third kappa shape index (κ3) is 4.25. The van der Waals surface area contributed by atoms with E-state index in [1.54, 1.807) is 6.07 Å². The second-order valence-electron chi connectivity index (χ2n) is 3.63. The topological polar surface area (TPSA) is 35.2 Å². The van der Waals surface area contributed by atoms with Gasteiger partial charge in [-0.05, 0) is 19.1 Å². The minimum absolute atomic E-state index is 0.206. The van der Waals surface area contributed by atoms with Gasteiger partial charge in [0, 0.05) is 9.75 Å². The van der Waals surface area contributed by atoms with E-state index in [1.807, 2.05) is 13.0 Å². The summed E-state index contributed by atoms with van der Waals surface area (Å²) in [6.45, 7) is 0.359. The Morgan fingerprint density at radius 1 is 1.41 bits per heavy atom. The van der Waals surface area contributed by atoms with E-state index in [0.29, 0.717) is 0 Å². The minimum Gasteiger partial charge on any atom is -0.373 e. The molecule has 0 bridgehead atoms. The van der Waals surface area contributed by atoms with Gasteiger partial charge in [0.05, 0.1) is 12.6 Å².